The van der Waals surface area contributed by atoms with Crippen LogP contribution in [0.15, 0.2) is 18.2 Å². The minimum Gasteiger partial charge on any atom is -0.387 e. The Hall–Kier alpha value is -3.18. The number of anilines is 1. The molecular weight excluding hydrogens is 482 g/mol. The number of aliphatic hydroxyl groups excluding tert-OH is 5. The lowest BCUT2D eigenvalue weighted by molar-refractivity contribution is -0.189. The highest BCUT2D eigenvalue weighted by molar-refractivity contribution is 6.03. The third kappa shape index (κ3) is 9.82. The molecule has 1 aromatic carbocycles. The molecular formula is C21H33N5O10. The molecule has 0 saturated carbocycles. The SMILES string of the molecule is NCCCNC(=O)c1cc(NC(=O)C(O)C(O)C(O)C(O)C(O)O)cc(C(=O)NCCCNC=O)c1. The maximum atomic E-state index is 12.6. The molecule has 0 aliphatic heterocycles. The molecule has 0 heterocycles. The minimum atomic E-state index is -2.45. The van der Waals surface area contributed by atoms with Crippen LogP contribution in [0.2, 0.25) is 0 Å². The number of nitrogens with one attached hydrogen (secondary N) is 4. The highest BCUT2D eigenvalue weighted by atomic mass is 16.5. The van der Waals surface area contributed by atoms with Crippen molar-refractivity contribution >= 4 is 29.8 Å². The van der Waals surface area contributed by atoms with Crippen LogP contribution in [0, 0.1) is 0 Å². The quantitative estimate of drug-likeness (QED) is 0.0566. The smallest absolute Gasteiger partial charge is 0.256 e. The second-order valence-corrected chi connectivity index (χ2v) is 7.70. The van der Waals surface area contributed by atoms with Gasteiger partial charge in [0.25, 0.3) is 17.7 Å². The van der Waals surface area contributed by atoms with Crippen LogP contribution < -0.4 is 27.0 Å². The second kappa shape index (κ2) is 15.7. The Morgan fingerprint density at radius 2 is 1.36 bits per heavy atom. The molecule has 36 heavy (non-hydrogen) atoms. The molecule has 0 fully saturated rings. The predicted molar refractivity (Wildman–Crippen MR) is 124 cm³/mol. The zero-order chi connectivity index (χ0) is 27.3. The lowest BCUT2D eigenvalue weighted by Crippen LogP contribution is -2.52. The molecule has 0 aliphatic carbocycles. The van der Waals surface area contributed by atoms with Crippen LogP contribution in [0.3, 0.4) is 0 Å². The maximum Gasteiger partial charge on any atom is 0.256 e. The fraction of sp³-hybridized carbons (Fsp3) is 0.524. The Labute approximate surface area is 206 Å². The Morgan fingerprint density at radius 3 is 1.86 bits per heavy atom. The summed E-state index contributed by atoms with van der Waals surface area (Å²) >= 11 is 0. The van der Waals surface area contributed by atoms with Gasteiger partial charge in [-0.3, -0.25) is 19.2 Å². The average Bonchev–Trinajstić information content (AvgIpc) is 2.86. The summed E-state index contributed by atoms with van der Waals surface area (Å²) in [5.41, 5.74) is 5.22. The summed E-state index contributed by atoms with van der Waals surface area (Å²) in [6.45, 7) is 1.09. The summed E-state index contributed by atoms with van der Waals surface area (Å²) in [7, 11) is 0. The zero-order valence-electron chi connectivity index (χ0n) is 19.3. The number of amides is 4. The highest BCUT2D eigenvalue weighted by Crippen LogP contribution is 2.17. The Morgan fingerprint density at radius 1 is 0.806 bits per heavy atom. The van der Waals surface area contributed by atoms with E-state index in [0.29, 0.717) is 32.3 Å². The monoisotopic (exact) mass is 515 g/mol. The normalized spacial score (nSPS) is 14.3. The van der Waals surface area contributed by atoms with Gasteiger partial charge in [0, 0.05) is 36.4 Å². The van der Waals surface area contributed by atoms with Gasteiger partial charge in [-0.2, -0.15) is 0 Å². The Balaban J connectivity index is 3.07. The summed E-state index contributed by atoms with van der Waals surface area (Å²) in [5.74, 6) is -2.47. The molecule has 1 aromatic rings. The van der Waals surface area contributed by atoms with Crippen LogP contribution in [0.1, 0.15) is 33.6 Å². The first-order valence-electron chi connectivity index (χ1n) is 11.0. The average molecular weight is 516 g/mol. The number of hydrogen-bond acceptors (Lipinski definition) is 11. The first kappa shape index (κ1) is 30.9. The van der Waals surface area contributed by atoms with Gasteiger partial charge in [0.1, 0.15) is 18.3 Å². The van der Waals surface area contributed by atoms with Gasteiger partial charge in [-0.05, 0) is 37.6 Å². The van der Waals surface area contributed by atoms with E-state index in [1.165, 1.54) is 18.2 Å². The van der Waals surface area contributed by atoms with E-state index in [0.717, 1.165) is 0 Å². The summed E-state index contributed by atoms with van der Waals surface area (Å²) in [5, 5.41) is 66.7. The van der Waals surface area contributed by atoms with Gasteiger partial charge in [0.2, 0.25) is 6.41 Å². The molecule has 15 nitrogen and oxygen atoms in total. The van der Waals surface area contributed by atoms with E-state index in [1.807, 2.05) is 0 Å². The van der Waals surface area contributed by atoms with E-state index in [-0.39, 0.29) is 29.9 Å². The number of benzene rings is 1. The molecule has 0 radical (unpaired) electrons. The first-order valence-corrected chi connectivity index (χ1v) is 11.0. The molecule has 12 N–H and O–H groups in total. The summed E-state index contributed by atoms with van der Waals surface area (Å²) in [6.07, 6.45) is -10.2. The molecule has 202 valence electrons. The van der Waals surface area contributed by atoms with E-state index in [1.54, 1.807) is 0 Å². The van der Waals surface area contributed by atoms with Crippen LogP contribution in [-0.2, 0) is 9.59 Å². The van der Waals surface area contributed by atoms with E-state index in [4.69, 9.17) is 15.9 Å². The number of rotatable bonds is 16. The van der Waals surface area contributed by atoms with Crippen molar-refractivity contribution in [2.75, 3.05) is 31.5 Å². The number of nitrogens with two attached hydrogens (primary N) is 1. The molecule has 15 heteroatoms. The number of aliphatic hydroxyl groups is 6. The largest absolute Gasteiger partial charge is 0.387 e. The third-order valence-electron chi connectivity index (χ3n) is 4.86. The van der Waals surface area contributed by atoms with Crippen molar-refractivity contribution in [3.8, 4) is 0 Å². The molecule has 4 atom stereocenters. The molecule has 0 aromatic heterocycles. The molecule has 0 bridgehead atoms. The summed E-state index contributed by atoms with van der Waals surface area (Å²) in [4.78, 5) is 47.7. The topological polar surface area (TPSA) is 264 Å². The summed E-state index contributed by atoms with van der Waals surface area (Å²) in [6, 6.07) is 3.65. The molecule has 0 aliphatic rings. The van der Waals surface area contributed by atoms with E-state index in [9.17, 15) is 39.6 Å². The van der Waals surface area contributed by atoms with Crippen LogP contribution in [0.5, 0.6) is 0 Å². The lowest BCUT2D eigenvalue weighted by Gasteiger charge is -2.26. The molecule has 0 spiro atoms. The van der Waals surface area contributed by atoms with Crippen molar-refractivity contribution in [2.45, 2.75) is 43.5 Å². The molecule has 1 rings (SSSR count). The Bertz CT molecular complexity index is 885. The third-order valence-corrected chi connectivity index (χ3v) is 4.86. The minimum absolute atomic E-state index is 0.0218. The van der Waals surface area contributed by atoms with Gasteiger partial charge in [-0.1, -0.05) is 0 Å². The fourth-order valence-corrected chi connectivity index (χ4v) is 2.86. The number of carbonyl (C=O) groups excluding carboxylic acids is 4. The van der Waals surface area contributed by atoms with E-state index < -0.39 is 48.4 Å². The number of carbonyl (C=O) groups is 4. The Kier molecular flexibility index (Phi) is 13.5. The van der Waals surface area contributed by atoms with E-state index in [2.05, 4.69) is 21.3 Å². The summed E-state index contributed by atoms with van der Waals surface area (Å²) < 4.78 is 0. The number of hydrogen-bond donors (Lipinski definition) is 11. The first-order chi connectivity index (χ1) is 17.0. The molecule has 4 amide bonds. The van der Waals surface area contributed by atoms with Gasteiger partial charge in [-0.25, -0.2) is 0 Å². The highest BCUT2D eigenvalue weighted by Gasteiger charge is 2.37. The van der Waals surface area contributed by atoms with Gasteiger partial charge in [-0.15, -0.1) is 0 Å². The van der Waals surface area contributed by atoms with Crippen LogP contribution in [-0.4, -0.2) is 112 Å². The molecule has 0 saturated heterocycles. The van der Waals surface area contributed by atoms with Crippen LogP contribution in [0.25, 0.3) is 0 Å². The van der Waals surface area contributed by atoms with Crippen molar-refractivity contribution in [3.05, 3.63) is 29.3 Å². The lowest BCUT2D eigenvalue weighted by atomic mass is 10.0. The van der Waals surface area contributed by atoms with Crippen molar-refractivity contribution in [1.82, 2.24) is 16.0 Å². The van der Waals surface area contributed by atoms with Crippen molar-refractivity contribution in [2.24, 2.45) is 5.73 Å². The van der Waals surface area contributed by atoms with Crippen LogP contribution >= 0.6 is 0 Å². The van der Waals surface area contributed by atoms with Gasteiger partial charge in [0.05, 0.1) is 0 Å². The van der Waals surface area contributed by atoms with Crippen molar-refractivity contribution in [3.63, 3.8) is 0 Å². The van der Waals surface area contributed by atoms with Gasteiger partial charge >= 0.3 is 0 Å². The van der Waals surface area contributed by atoms with Crippen molar-refractivity contribution < 1.29 is 49.8 Å². The van der Waals surface area contributed by atoms with E-state index >= 15 is 0 Å². The fourth-order valence-electron chi connectivity index (χ4n) is 2.86. The standard InChI is InChI=1S/C21H33N5O10/c22-3-1-5-24-18(32)11-7-12(19(33)25-6-2-4-23-10-27)9-13(8-11)26-20(34)16(30)14(28)15(29)17(31)21(35)36/h7-10,14-17,21,28-31,35-36H,1-6,22H2,(H,23,27)(H,24,32)(H,25,33)(H,26,34). The molecule has 4 unspecified atom stereocenters. The predicted octanol–water partition coefficient (Wildman–Crippen LogP) is -4.68. The maximum absolute atomic E-state index is 12.6. The van der Waals surface area contributed by atoms with Gasteiger partial charge in [0.15, 0.2) is 12.4 Å². The van der Waals surface area contributed by atoms with Crippen molar-refractivity contribution in [1.29, 1.82) is 0 Å². The van der Waals surface area contributed by atoms with Gasteiger partial charge < -0.3 is 57.6 Å². The zero-order valence-corrected chi connectivity index (χ0v) is 19.3. The van der Waals surface area contributed by atoms with Crippen LogP contribution in [0.4, 0.5) is 5.69 Å². The second-order valence-electron chi connectivity index (χ2n) is 7.70.